The molecule has 1 aliphatic carbocycles. The lowest BCUT2D eigenvalue weighted by atomic mass is 9.98. The summed E-state index contributed by atoms with van der Waals surface area (Å²) >= 11 is 0. The van der Waals surface area contributed by atoms with Crippen molar-refractivity contribution in [2.24, 2.45) is 0 Å². The van der Waals surface area contributed by atoms with Crippen molar-refractivity contribution in [3.8, 4) is 0 Å². The third-order valence-corrected chi connectivity index (χ3v) is 4.37. The van der Waals surface area contributed by atoms with Crippen molar-refractivity contribution in [1.82, 2.24) is 4.90 Å². The second-order valence-electron chi connectivity index (χ2n) is 6.22. The van der Waals surface area contributed by atoms with Crippen LogP contribution in [0.15, 0.2) is 54.1 Å². The molecule has 0 aromatic heterocycles. The molecule has 1 aromatic carbocycles. The van der Waals surface area contributed by atoms with Gasteiger partial charge in [0.05, 0.1) is 12.6 Å². The van der Waals surface area contributed by atoms with E-state index in [0.717, 1.165) is 11.1 Å². The van der Waals surface area contributed by atoms with Gasteiger partial charge in [-0.3, -0.25) is 4.79 Å². The van der Waals surface area contributed by atoms with Crippen molar-refractivity contribution < 1.29 is 13.9 Å². The van der Waals surface area contributed by atoms with Crippen molar-refractivity contribution in [3.05, 3.63) is 59.7 Å². The lowest BCUT2D eigenvalue weighted by Gasteiger charge is -2.38. The predicted molar refractivity (Wildman–Crippen MR) is 87.5 cm³/mol. The highest BCUT2D eigenvalue weighted by Gasteiger charge is 2.34. The largest absolute Gasteiger partial charge is 0.366 e. The highest BCUT2D eigenvalue weighted by Crippen LogP contribution is 2.24. The van der Waals surface area contributed by atoms with E-state index in [1.807, 2.05) is 48.2 Å². The fourth-order valence-corrected chi connectivity index (χ4v) is 2.98. The van der Waals surface area contributed by atoms with Crippen LogP contribution in [0.5, 0.6) is 0 Å². The van der Waals surface area contributed by atoms with Crippen LogP contribution in [0.1, 0.15) is 25.3 Å². The molecular formula is C19H22FNO2. The molecule has 0 N–H and O–H groups in total. The number of benzene rings is 1. The summed E-state index contributed by atoms with van der Waals surface area (Å²) in [7, 11) is 0. The van der Waals surface area contributed by atoms with Crippen LogP contribution in [0, 0.1) is 0 Å². The normalized spacial score (nSPS) is 27.9. The highest BCUT2D eigenvalue weighted by molar-refractivity contribution is 5.82. The summed E-state index contributed by atoms with van der Waals surface area (Å²) in [4.78, 5) is 14.6. The topological polar surface area (TPSA) is 29.5 Å². The molecule has 3 nitrogen and oxygen atoms in total. The Labute approximate surface area is 136 Å². The van der Waals surface area contributed by atoms with Gasteiger partial charge in [-0.2, -0.15) is 0 Å². The van der Waals surface area contributed by atoms with Crippen molar-refractivity contribution in [3.63, 3.8) is 0 Å². The van der Waals surface area contributed by atoms with Crippen LogP contribution in [0.25, 0.3) is 0 Å². The molecule has 0 saturated carbocycles. The smallest absolute Gasteiger partial charge is 0.252 e. The zero-order valence-electron chi connectivity index (χ0n) is 13.3. The maximum absolute atomic E-state index is 13.1. The van der Waals surface area contributed by atoms with Gasteiger partial charge in [0.15, 0.2) is 0 Å². The van der Waals surface area contributed by atoms with Gasteiger partial charge in [0, 0.05) is 19.4 Å². The molecule has 0 bridgehead atoms. The monoisotopic (exact) mass is 315 g/mol. The number of nitrogens with zero attached hydrogens (tertiary/aromatic N) is 1. The third kappa shape index (κ3) is 3.88. The van der Waals surface area contributed by atoms with E-state index in [4.69, 9.17) is 4.74 Å². The molecule has 122 valence electrons. The number of allylic oxidation sites excluding steroid dienone is 3. The van der Waals surface area contributed by atoms with Gasteiger partial charge in [0.25, 0.3) is 5.91 Å². The van der Waals surface area contributed by atoms with Crippen molar-refractivity contribution in [2.75, 3.05) is 6.61 Å². The Bertz CT molecular complexity index is 611. The van der Waals surface area contributed by atoms with E-state index >= 15 is 0 Å². The summed E-state index contributed by atoms with van der Waals surface area (Å²) in [6.07, 6.45) is 4.70. The van der Waals surface area contributed by atoms with Crippen molar-refractivity contribution in [2.45, 2.75) is 44.6 Å². The Morgan fingerprint density at radius 2 is 2.09 bits per heavy atom. The number of carbonyl (C=O) groups is 1. The Morgan fingerprint density at radius 3 is 2.78 bits per heavy atom. The molecule has 1 fully saturated rings. The number of hydrogen-bond donors (Lipinski definition) is 0. The summed E-state index contributed by atoms with van der Waals surface area (Å²) in [5, 5.41) is 0. The van der Waals surface area contributed by atoms with Crippen LogP contribution < -0.4 is 0 Å². The highest BCUT2D eigenvalue weighted by atomic mass is 19.1. The van der Waals surface area contributed by atoms with Crippen molar-refractivity contribution in [1.29, 1.82) is 0 Å². The van der Waals surface area contributed by atoms with Crippen LogP contribution in [0.2, 0.25) is 0 Å². The molecule has 1 aliphatic heterocycles. The molecule has 3 rings (SSSR count). The van der Waals surface area contributed by atoms with Gasteiger partial charge in [-0.15, -0.1) is 0 Å². The second kappa shape index (κ2) is 7.09. The van der Waals surface area contributed by atoms with Crippen LogP contribution in [0.3, 0.4) is 0 Å². The summed E-state index contributed by atoms with van der Waals surface area (Å²) in [5.41, 5.74) is 2.09. The summed E-state index contributed by atoms with van der Waals surface area (Å²) in [6, 6.07) is 10.0. The molecule has 3 unspecified atom stereocenters. The number of alkyl halides is 1. The molecule has 1 heterocycles. The SMILES string of the molecule is CC1COC(CC2=CCC(F)C=C2)C(=O)N1Cc1ccccc1. The molecule has 3 atom stereocenters. The van der Waals surface area contributed by atoms with Crippen LogP contribution in [-0.2, 0) is 16.1 Å². The van der Waals surface area contributed by atoms with E-state index in [2.05, 4.69) is 0 Å². The van der Waals surface area contributed by atoms with Gasteiger partial charge in [-0.25, -0.2) is 4.39 Å². The number of hydrogen-bond acceptors (Lipinski definition) is 2. The predicted octanol–water partition coefficient (Wildman–Crippen LogP) is 3.42. The minimum Gasteiger partial charge on any atom is -0.366 e. The average molecular weight is 315 g/mol. The first-order chi connectivity index (χ1) is 11.1. The second-order valence-corrected chi connectivity index (χ2v) is 6.22. The molecule has 23 heavy (non-hydrogen) atoms. The van der Waals surface area contributed by atoms with E-state index in [9.17, 15) is 9.18 Å². The van der Waals surface area contributed by atoms with Gasteiger partial charge >= 0.3 is 0 Å². The molecular weight excluding hydrogens is 293 g/mol. The minimum atomic E-state index is -0.906. The summed E-state index contributed by atoms with van der Waals surface area (Å²) in [5.74, 6) is 0.0178. The Morgan fingerprint density at radius 1 is 1.30 bits per heavy atom. The third-order valence-electron chi connectivity index (χ3n) is 4.37. The van der Waals surface area contributed by atoms with Crippen LogP contribution in [0.4, 0.5) is 4.39 Å². The van der Waals surface area contributed by atoms with Crippen LogP contribution in [-0.4, -0.2) is 35.7 Å². The standard InChI is InChI=1S/C19H22FNO2/c1-14-13-23-18(11-15-7-9-17(20)10-8-15)19(22)21(14)12-16-5-3-2-4-6-16/h2-9,14,17-18H,10-13H2,1H3. The summed E-state index contributed by atoms with van der Waals surface area (Å²) in [6.45, 7) is 3.14. The zero-order chi connectivity index (χ0) is 16.2. The van der Waals surface area contributed by atoms with Gasteiger partial charge in [0.2, 0.25) is 0 Å². The Balaban J connectivity index is 1.67. The number of amides is 1. The Hall–Kier alpha value is -1.94. The maximum Gasteiger partial charge on any atom is 0.252 e. The molecule has 0 radical (unpaired) electrons. The van der Waals surface area contributed by atoms with Crippen LogP contribution >= 0.6 is 0 Å². The van der Waals surface area contributed by atoms with Crippen molar-refractivity contribution >= 4 is 5.91 Å². The fourth-order valence-electron chi connectivity index (χ4n) is 2.98. The number of halogens is 1. The summed E-state index contributed by atoms with van der Waals surface area (Å²) < 4.78 is 18.9. The van der Waals surface area contributed by atoms with Gasteiger partial charge in [-0.1, -0.05) is 48.6 Å². The Kier molecular flexibility index (Phi) is 4.91. The van der Waals surface area contributed by atoms with Gasteiger partial charge in [-0.05, 0) is 18.1 Å². The zero-order valence-corrected chi connectivity index (χ0v) is 13.3. The number of carbonyl (C=O) groups excluding carboxylic acids is 1. The number of ether oxygens (including phenoxy) is 1. The first-order valence-electron chi connectivity index (χ1n) is 8.11. The first-order valence-corrected chi connectivity index (χ1v) is 8.11. The molecule has 4 heteroatoms. The van der Waals surface area contributed by atoms with E-state index in [1.54, 1.807) is 12.2 Å². The lowest BCUT2D eigenvalue weighted by molar-refractivity contribution is -0.159. The quantitative estimate of drug-likeness (QED) is 0.852. The molecule has 1 amide bonds. The van der Waals surface area contributed by atoms with E-state index < -0.39 is 12.3 Å². The maximum atomic E-state index is 13.1. The molecule has 1 saturated heterocycles. The minimum absolute atomic E-state index is 0.0178. The average Bonchev–Trinajstić information content (AvgIpc) is 2.57. The first kappa shape index (κ1) is 15.9. The van der Waals surface area contributed by atoms with Gasteiger partial charge < -0.3 is 9.64 Å². The fraction of sp³-hybridized carbons (Fsp3) is 0.421. The molecule has 2 aliphatic rings. The molecule has 0 spiro atoms. The van der Waals surface area contributed by atoms with E-state index in [1.165, 1.54) is 0 Å². The number of morpholine rings is 1. The van der Waals surface area contributed by atoms with Gasteiger partial charge in [0.1, 0.15) is 12.3 Å². The molecule has 1 aromatic rings. The number of rotatable bonds is 4. The van der Waals surface area contributed by atoms with E-state index in [-0.39, 0.29) is 11.9 Å². The van der Waals surface area contributed by atoms with E-state index in [0.29, 0.717) is 26.0 Å². The lowest BCUT2D eigenvalue weighted by Crippen LogP contribution is -2.52.